The molecule has 0 saturated heterocycles. The molecule has 132 valence electrons. The molecule has 2 heterocycles. The van der Waals surface area contributed by atoms with Crippen molar-refractivity contribution in [2.24, 2.45) is 0 Å². The van der Waals surface area contributed by atoms with Crippen LogP contribution in [0, 0.1) is 0 Å². The molecular weight excluding hydrogens is 346 g/mol. The molecule has 0 fully saturated rings. The van der Waals surface area contributed by atoms with Gasteiger partial charge in [0.2, 0.25) is 0 Å². The van der Waals surface area contributed by atoms with Gasteiger partial charge >= 0.3 is 0 Å². The first-order chi connectivity index (χ1) is 12.7. The largest absolute Gasteiger partial charge is 0.508 e. The number of phenols is 1. The number of hydrogen-bond acceptors (Lipinski definition) is 5. The maximum absolute atomic E-state index is 12.4. The van der Waals surface area contributed by atoms with Gasteiger partial charge in [0, 0.05) is 18.3 Å². The van der Waals surface area contributed by atoms with Crippen LogP contribution in [0.5, 0.6) is 5.75 Å². The zero-order valence-electron chi connectivity index (χ0n) is 14.1. The van der Waals surface area contributed by atoms with Crippen molar-refractivity contribution in [3.63, 3.8) is 0 Å². The molecule has 0 aliphatic carbocycles. The van der Waals surface area contributed by atoms with Gasteiger partial charge < -0.3 is 20.6 Å². The standard InChI is InChI=1S/C20H19N3O2S/c24-16-8-4-7-15(11-16)21-12-18-22-20(25)19-17(9-10-26-19)23(18)13-14-5-2-1-3-6-14/h1-11,18,21,24H,12-13H2,(H,22,25). The number of fused-ring (bicyclic) bond motifs is 1. The second-order valence-corrected chi connectivity index (χ2v) is 7.09. The van der Waals surface area contributed by atoms with Gasteiger partial charge in [-0.05, 0) is 29.1 Å². The van der Waals surface area contributed by atoms with E-state index >= 15 is 0 Å². The molecule has 1 aliphatic rings. The molecule has 3 aromatic rings. The maximum atomic E-state index is 12.4. The third-order valence-corrected chi connectivity index (χ3v) is 5.28. The van der Waals surface area contributed by atoms with E-state index in [0.717, 1.165) is 16.3 Å². The van der Waals surface area contributed by atoms with E-state index in [1.807, 2.05) is 35.7 Å². The van der Waals surface area contributed by atoms with Crippen LogP contribution in [0.1, 0.15) is 15.2 Å². The molecule has 1 atom stereocenters. The number of nitrogens with zero attached hydrogens (tertiary/aromatic N) is 1. The Morgan fingerprint density at radius 2 is 1.96 bits per heavy atom. The predicted octanol–water partition coefficient (Wildman–Crippen LogP) is 3.64. The van der Waals surface area contributed by atoms with E-state index in [0.29, 0.717) is 13.1 Å². The minimum Gasteiger partial charge on any atom is -0.508 e. The zero-order valence-corrected chi connectivity index (χ0v) is 14.9. The maximum Gasteiger partial charge on any atom is 0.265 e. The topological polar surface area (TPSA) is 64.6 Å². The first-order valence-electron chi connectivity index (χ1n) is 8.42. The van der Waals surface area contributed by atoms with Gasteiger partial charge in [-0.15, -0.1) is 11.3 Å². The van der Waals surface area contributed by atoms with Crippen molar-refractivity contribution in [2.45, 2.75) is 12.7 Å². The smallest absolute Gasteiger partial charge is 0.265 e. The number of rotatable bonds is 5. The van der Waals surface area contributed by atoms with Crippen molar-refractivity contribution >= 4 is 28.6 Å². The molecule has 1 aromatic heterocycles. The lowest BCUT2D eigenvalue weighted by atomic mass is 10.1. The van der Waals surface area contributed by atoms with E-state index in [1.54, 1.807) is 18.2 Å². The third-order valence-electron chi connectivity index (χ3n) is 4.38. The van der Waals surface area contributed by atoms with Gasteiger partial charge in [0.15, 0.2) is 0 Å². The molecule has 1 unspecified atom stereocenters. The highest BCUT2D eigenvalue weighted by Gasteiger charge is 2.31. The fraction of sp³-hybridized carbons (Fsp3) is 0.150. The van der Waals surface area contributed by atoms with Gasteiger partial charge in [-0.25, -0.2) is 0 Å². The number of phenolic OH excluding ortho intramolecular Hbond substituents is 1. The number of carbonyl (C=O) groups excluding carboxylic acids is 1. The van der Waals surface area contributed by atoms with Gasteiger partial charge in [0.05, 0.1) is 12.2 Å². The molecule has 0 spiro atoms. The Morgan fingerprint density at radius 1 is 1.12 bits per heavy atom. The number of hydrogen-bond donors (Lipinski definition) is 3. The van der Waals surface area contributed by atoms with E-state index in [9.17, 15) is 9.90 Å². The van der Waals surface area contributed by atoms with Crippen LogP contribution in [0.25, 0.3) is 0 Å². The highest BCUT2D eigenvalue weighted by Crippen LogP contribution is 2.32. The average Bonchev–Trinajstić information content (AvgIpc) is 3.14. The van der Waals surface area contributed by atoms with Crippen molar-refractivity contribution in [3.05, 3.63) is 76.5 Å². The van der Waals surface area contributed by atoms with Crippen LogP contribution in [0.4, 0.5) is 11.4 Å². The van der Waals surface area contributed by atoms with Gasteiger partial charge in [0.1, 0.15) is 16.8 Å². The quantitative estimate of drug-likeness (QED) is 0.646. The van der Waals surface area contributed by atoms with Crippen LogP contribution in [-0.4, -0.2) is 23.7 Å². The molecule has 5 nitrogen and oxygen atoms in total. The molecule has 2 aromatic carbocycles. The Bertz CT molecular complexity index is 910. The van der Waals surface area contributed by atoms with Gasteiger partial charge in [-0.2, -0.15) is 0 Å². The van der Waals surface area contributed by atoms with Crippen molar-refractivity contribution in [1.29, 1.82) is 0 Å². The first-order valence-corrected chi connectivity index (χ1v) is 9.30. The Kier molecular flexibility index (Phi) is 4.50. The Labute approximate surface area is 155 Å². The van der Waals surface area contributed by atoms with Crippen molar-refractivity contribution in [3.8, 4) is 5.75 Å². The number of nitrogens with one attached hydrogen (secondary N) is 2. The highest BCUT2D eigenvalue weighted by atomic mass is 32.1. The molecule has 1 aliphatic heterocycles. The Balaban J connectivity index is 1.58. The Morgan fingerprint density at radius 3 is 2.77 bits per heavy atom. The summed E-state index contributed by atoms with van der Waals surface area (Å²) in [5, 5.41) is 18.0. The monoisotopic (exact) mass is 365 g/mol. The number of benzene rings is 2. The first kappa shape index (κ1) is 16.5. The number of amides is 1. The zero-order chi connectivity index (χ0) is 17.9. The molecular formula is C20H19N3O2S. The van der Waals surface area contributed by atoms with E-state index in [-0.39, 0.29) is 17.8 Å². The van der Waals surface area contributed by atoms with Crippen LogP contribution in [0.2, 0.25) is 0 Å². The number of aromatic hydroxyl groups is 1. The normalized spacial score (nSPS) is 16.1. The second kappa shape index (κ2) is 7.09. The van der Waals surface area contributed by atoms with Crippen LogP contribution in [-0.2, 0) is 6.54 Å². The van der Waals surface area contributed by atoms with Crippen molar-refractivity contribution in [2.75, 3.05) is 16.8 Å². The molecule has 3 N–H and O–H groups in total. The van der Waals surface area contributed by atoms with Gasteiger partial charge in [0.25, 0.3) is 5.91 Å². The Hall–Kier alpha value is -2.99. The summed E-state index contributed by atoms with van der Waals surface area (Å²) in [5.41, 5.74) is 2.96. The summed E-state index contributed by atoms with van der Waals surface area (Å²) in [6.45, 7) is 1.23. The summed E-state index contributed by atoms with van der Waals surface area (Å²) in [6, 6.07) is 19.2. The van der Waals surface area contributed by atoms with Crippen LogP contribution in [0.15, 0.2) is 66.0 Å². The van der Waals surface area contributed by atoms with E-state index in [2.05, 4.69) is 27.7 Å². The summed E-state index contributed by atoms with van der Waals surface area (Å²) in [5.74, 6) is 0.172. The predicted molar refractivity (Wildman–Crippen MR) is 105 cm³/mol. The second-order valence-electron chi connectivity index (χ2n) is 6.17. The lowest BCUT2D eigenvalue weighted by Gasteiger charge is -2.38. The van der Waals surface area contributed by atoms with E-state index < -0.39 is 0 Å². The van der Waals surface area contributed by atoms with Crippen molar-refractivity contribution in [1.82, 2.24) is 5.32 Å². The van der Waals surface area contributed by atoms with Crippen LogP contribution in [0.3, 0.4) is 0 Å². The SMILES string of the molecule is O=C1NC(CNc2cccc(O)c2)N(Cc2ccccc2)c2ccsc21. The fourth-order valence-electron chi connectivity index (χ4n) is 3.13. The lowest BCUT2D eigenvalue weighted by Crippen LogP contribution is -2.55. The molecule has 0 saturated carbocycles. The minimum absolute atomic E-state index is 0.0398. The molecule has 26 heavy (non-hydrogen) atoms. The molecule has 0 bridgehead atoms. The minimum atomic E-state index is -0.188. The summed E-state index contributed by atoms with van der Waals surface area (Å²) in [4.78, 5) is 15.4. The number of anilines is 2. The molecule has 4 rings (SSSR count). The molecule has 1 amide bonds. The summed E-state index contributed by atoms with van der Waals surface area (Å²) < 4.78 is 0. The van der Waals surface area contributed by atoms with E-state index in [4.69, 9.17) is 0 Å². The number of thiophene rings is 1. The summed E-state index contributed by atoms with van der Waals surface area (Å²) >= 11 is 1.46. The van der Waals surface area contributed by atoms with Crippen LogP contribution < -0.4 is 15.5 Å². The van der Waals surface area contributed by atoms with Crippen LogP contribution >= 0.6 is 11.3 Å². The summed E-state index contributed by atoms with van der Waals surface area (Å²) in [7, 11) is 0. The molecule has 6 heteroatoms. The third kappa shape index (κ3) is 3.36. The van der Waals surface area contributed by atoms with Crippen molar-refractivity contribution < 1.29 is 9.90 Å². The number of carbonyl (C=O) groups is 1. The lowest BCUT2D eigenvalue weighted by molar-refractivity contribution is 0.0933. The average molecular weight is 365 g/mol. The van der Waals surface area contributed by atoms with Gasteiger partial charge in [-0.1, -0.05) is 36.4 Å². The molecule has 0 radical (unpaired) electrons. The highest BCUT2D eigenvalue weighted by molar-refractivity contribution is 7.12. The van der Waals surface area contributed by atoms with E-state index in [1.165, 1.54) is 16.9 Å². The van der Waals surface area contributed by atoms with Gasteiger partial charge in [-0.3, -0.25) is 4.79 Å². The summed E-state index contributed by atoms with van der Waals surface area (Å²) in [6.07, 6.45) is -0.188. The fourth-order valence-corrected chi connectivity index (χ4v) is 3.93.